The Kier molecular flexibility index (Phi) is 3.28. The van der Waals surface area contributed by atoms with E-state index >= 15 is 0 Å². The Morgan fingerprint density at radius 2 is 1.82 bits per heavy atom. The molecule has 0 aromatic heterocycles. The van der Waals surface area contributed by atoms with Crippen molar-refractivity contribution in [3.8, 4) is 12.1 Å². The largest absolute Gasteiger partial charge is 0.381 e. The highest BCUT2D eigenvalue weighted by molar-refractivity contribution is 5.70. The van der Waals surface area contributed by atoms with Crippen LogP contribution in [0.5, 0.6) is 0 Å². The Morgan fingerprint density at radius 1 is 1.18 bits per heavy atom. The van der Waals surface area contributed by atoms with Gasteiger partial charge in [0, 0.05) is 12.2 Å². The van der Waals surface area contributed by atoms with Crippen molar-refractivity contribution >= 4 is 11.4 Å². The van der Waals surface area contributed by atoms with E-state index in [0.717, 1.165) is 11.4 Å². The number of nitrogens with zero attached hydrogens (tertiary/aromatic N) is 2. The van der Waals surface area contributed by atoms with Gasteiger partial charge in [0.25, 0.3) is 0 Å². The van der Waals surface area contributed by atoms with Gasteiger partial charge in [-0.1, -0.05) is 12.1 Å². The summed E-state index contributed by atoms with van der Waals surface area (Å²) in [4.78, 5) is 0. The van der Waals surface area contributed by atoms with Crippen molar-refractivity contribution in [1.29, 1.82) is 10.5 Å². The van der Waals surface area contributed by atoms with Gasteiger partial charge in [0.15, 0.2) is 0 Å². The lowest BCUT2D eigenvalue weighted by molar-refractivity contribution is 1.16. The molecule has 1 aliphatic carbocycles. The predicted molar refractivity (Wildman–Crippen MR) is 66.0 cm³/mol. The lowest BCUT2D eigenvalue weighted by Crippen LogP contribution is -2.03. The molecule has 0 saturated heterocycles. The van der Waals surface area contributed by atoms with E-state index < -0.39 is 0 Å². The predicted octanol–water partition coefficient (Wildman–Crippen LogP) is 2.60. The Hall–Kier alpha value is -2.46. The van der Waals surface area contributed by atoms with Crippen LogP contribution in [0.25, 0.3) is 0 Å². The van der Waals surface area contributed by atoms with Gasteiger partial charge in [0.1, 0.15) is 17.7 Å². The number of para-hydroxylation sites is 2. The number of nitrogens with one attached hydrogen (secondary N) is 2. The number of allylic oxidation sites excluding steroid dienone is 1. The SMILES string of the molecule is N#CC(C#N)=CNc1ccccc1NC1CC1. The van der Waals surface area contributed by atoms with E-state index in [0.29, 0.717) is 6.04 Å². The zero-order chi connectivity index (χ0) is 12.1. The second-order valence-electron chi connectivity index (χ2n) is 3.89. The molecule has 0 bridgehead atoms. The maximum atomic E-state index is 8.63. The highest BCUT2D eigenvalue weighted by Crippen LogP contribution is 2.29. The topological polar surface area (TPSA) is 71.6 Å². The normalized spacial score (nSPS) is 13.1. The fraction of sp³-hybridized carbons (Fsp3) is 0.231. The van der Waals surface area contributed by atoms with E-state index in [1.54, 1.807) is 0 Å². The third kappa shape index (κ3) is 2.99. The number of hydrogen-bond donors (Lipinski definition) is 2. The van der Waals surface area contributed by atoms with Gasteiger partial charge in [-0.3, -0.25) is 0 Å². The van der Waals surface area contributed by atoms with Gasteiger partial charge >= 0.3 is 0 Å². The molecule has 84 valence electrons. The van der Waals surface area contributed by atoms with Crippen LogP contribution in [0, 0.1) is 22.7 Å². The summed E-state index contributed by atoms with van der Waals surface area (Å²) in [6, 6.07) is 11.9. The minimum atomic E-state index is 0.0613. The summed E-state index contributed by atoms with van der Waals surface area (Å²) in [5.41, 5.74) is 1.94. The molecule has 0 radical (unpaired) electrons. The maximum absolute atomic E-state index is 8.63. The molecule has 2 N–H and O–H groups in total. The average Bonchev–Trinajstić information content (AvgIpc) is 3.16. The molecule has 1 saturated carbocycles. The monoisotopic (exact) mass is 224 g/mol. The molecule has 0 spiro atoms. The standard InChI is InChI=1S/C13H12N4/c14-7-10(8-15)9-16-12-3-1-2-4-13(12)17-11-5-6-11/h1-4,9,11,16-17H,5-6H2. The van der Waals surface area contributed by atoms with Gasteiger partial charge in [-0.15, -0.1) is 0 Å². The number of anilines is 2. The van der Waals surface area contributed by atoms with Gasteiger partial charge in [0.05, 0.1) is 11.4 Å². The van der Waals surface area contributed by atoms with E-state index in [2.05, 4.69) is 10.6 Å². The zero-order valence-corrected chi connectivity index (χ0v) is 9.27. The Bertz CT molecular complexity index is 499. The van der Waals surface area contributed by atoms with Crippen LogP contribution in [0.2, 0.25) is 0 Å². The molecule has 0 aliphatic heterocycles. The van der Waals surface area contributed by atoms with E-state index in [1.165, 1.54) is 19.0 Å². The highest BCUT2D eigenvalue weighted by atomic mass is 15.0. The number of benzene rings is 1. The van der Waals surface area contributed by atoms with Gasteiger partial charge in [-0.05, 0) is 25.0 Å². The first-order valence-corrected chi connectivity index (χ1v) is 5.46. The van der Waals surface area contributed by atoms with Crippen molar-refractivity contribution in [2.45, 2.75) is 18.9 Å². The van der Waals surface area contributed by atoms with Crippen molar-refractivity contribution in [3.63, 3.8) is 0 Å². The second kappa shape index (κ2) is 5.05. The lowest BCUT2D eigenvalue weighted by Gasteiger charge is -2.10. The summed E-state index contributed by atoms with van der Waals surface area (Å²) in [6.45, 7) is 0. The Balaban J connectivity index is 2.12. The highest BCUT2D eigenvalue weighted by Gasteiger charge is 2.21. The molecule has 1 aromatic rings. The molecule has 17 heavy (non-hydrogen) atoms. The first-order valence-electron chi connectivity index (χ1n) is 5.46. The molecule has 2 rings (SSSR count). The summed E-state index contributed by atoms with van der Waals surface area (Å²) < 4.78 is 0. The first-order chi connectivity index (χ1) is 8.33. The minimum Gasteiger partial charge on any atom is -0.381 e. The third-order valence-corrected chi connectivity index (χ3v) is 2.48. The third-order valence-electron chi connectivity index (χ3n) is 2.48. The van der Waals surface area contributed by atoms with Gasteiger partial charge in [0.2, 0.25) is 0 Å². The number of rotatable bonds is 4. The van der Waals surface area contributed by atoms with Crippen molar-refractivity contribution < 1.29 is 0 Å². The van der Waals surface area contributed by atoms with Gasteiger partial charge in [-0.25, -0.2) is 0 Å². The molecular weight excluding hydrogens is 212 g/mol. The molecule has 0 amide bonds. The summed E-state index contributed by atoms with van der Waals surface area (Å²) in [6.07, 6.45) is 3.82. The van der Waals surface area contributed by atoms with Crippen molar-refractivity contribution in [2.75, 3.05) is 10.6 Å². The summed E-state index contributed by atoms with van der Waals surface area (Å²) in [5.74, 6) is 0. The number of hydrogen-bond acceptors (Lipinski definition) is 4. The molecule has 1 aliphatic rings. The second-order valence-corrected chi connectivity index (χ2v) is 3.89. The van der Waals surface area contributed by atoms with Crippen LogP contribution in [0.15, 0.2) is 36.0 Å². The summed E-state index contributed by atoms with van der Waals surface area (Å²) in [7, 11) is 0. The molecule has 1 aromatic carbocycles. The quantitative estimate of drug-likeness (QED) is 0.771. The first kappa shape index (κ1) is 11.0. The van der Waals surface area contributed by atoms with Crippen molar-refractivity contribution in [1.82, 2.24) is 0 Å². The van der Waals surface area contributed by atoms with Crippen LogP contribution in [0.3, 0.4) is 0 Å². The van der Waals surface area contributed by atoms with Crippen LogP contribution in [0.4, 0.5) is 11.4 Å². The van der Waals surface area contributed by atoms with Crippen LogP contribution in [-0.4, -0.2) is 6.04 Å². The van der Waals surface area contributed by atoms with E-state index in [9.17, 15) is 0 Å². The van der Waals surface area contributed by atoms with Crippen LogP contribution >= 0.6 is 0 Å². The molecule has 0 unspecified atom stereocenters. The average molecular weight is 224 g/mol. The van der Waals surface area contributed by atoms with E-state index in [1.807, 2.05) is 36.4 Å². The molecule has 4 heteroatoms. The maximum Gasteiger partial charge on any atom is 0.145 e. The van der Waals surface area contributed by atoms with Crippen LogP contribution in [-0.2, 0) is 0 Å². The molecular formula is C13H12N4. The van der Waals surface area contributed by atoms with Crippen molar-refractivity contribution in [2.24, 2.45) is 0 Å². The number of nitriles is 2. The zero-order valence-electron chi connectivity index (χ0n) is 9.27. The van der Waals surface area contributed by atoms with Crippen LogP contribution < -0.4 is 10.6 Å². The van der Waals surface area contributed by atoms with Crippen molar-refractivity contribution in [3.05, 3.63) is 36.0 Å². The molecule has 0 atom stereocenters. The fourth-order valence-electron chi connectivity index (χ4n) is 1.42. The summed E-state index contributed by atoms with van der Waals surface area (Å²) >= 11 is 0. The fourth-order valence-corrected chi connectivity index (χ4v) is 1.42. The smallest absolute Gasteiger partial charge is 0.145 e. The Labute approximate surface area is 100 Å². The van der Waals surface area contributed by atoms with Gasteiger partial charge in [-0.2, -0.15) is 10.5 Å². The van der Waals surface area contributed by atoms with Crippen LogP contribution in [0.1, 0.15) is 12.8 Å². The lowest BCUT2D eigenvalue weighted by atomic mass is 10.2. The molecule has 0 heterocycles. The minimum absolute atomic E-state index is 0.0613. The molecule has 1 fully saturated rings. The molecule has 4 nitrogen and oxygen atoms in total. The van der Waals surface area contributed by atoms with E-state index in [4.69, 9.17) is 10.5 Å². The van der Waals surface area contributed by atoms with E-state index in [-0.39, 0.29) is 5.57 Å². The van der Waals surface area contributed by atoms with Gasteiger partial charge < -0.3 is 10.6 Å². The Morgan fingerprint density at radius 3 is 2.41 bits per heavy atom. The summed E-state index contributed by atoms with van der Waals surface area (Å²) in [5, 5.41) is 23.6.